The van der Waals surface area contributed by atoms with Crippen LogP contribution in [0.1, 0.15) is 0 Å². The summed E-state index contributed by atoms with van der Waals surface area (Å²) in [5.74, 6) is -0.763. The number of hydrogen-bond acceptors (Lipinski definition) is 3. The van der Waals surface area contributed by atoms with Crippen molar-refractivity contribution >= 4 is 22.5 Å². The first-order valence-corrected chi connectivity index (χ1v) is 8.14. The predicted octanol–water partition coefficient (Wildman–Crippen LogP) is 0.721. The van der Waals surface area contributed by atoms with Crippen molar-refractivity contribution < 1.29 is 17.4 Å². The Labute approximate surface area is 87.7 Å². The first kappa shape index (κ1) is 12.4. The Kier molecular flexibility index (Phi) is 3.05. The van der Waals surface area contributed by atoms with Gasteiger partial charge in [0.25, 0.3) is 0 Å². The molecule has 0 spiro atoms. The molecule has 0 aliphatic carbocycles. The lowest BCUT2D eigenvalue weighted by atomic mass is 10.3. The maximum atomic E-state index is 13.0. The van der Waals surface area contributed by atoms with Crippen LogP contribution in [0.2, 0.25) is 0 Å². The van der Waals surface area contributed by atoms with Crippen molar-refractivity contribution in [3.05, 3.63) is 24.0 Å². The van der Waals surface area contributed by atoms with E-state index < -0.39 is 23.0 Å². The fourth-order valence-corrected chi connectivity index (χ4v) is 2.56. The van der Waals surface area contributed by atoms with E-state index in [1.165, 1.54) is 13.3 Å². The van der Waals surface area contributed by atoms with E-state index in [4.69, 9.17) is 5.14 Å². The summed E-state index contributed by atoms with van der Waals surface area (Å²) in [6, 6.07) is 2.99. The van der Waals surface area contributed by atoms with E-state index in [1.807, 2.05) is 0 Å². The summed E-state index contributed by atoms with van der Waals surface area (Å²) in [5.41, 5.74) is 0. The SMILES string of the molecule is CP(C)(=O)c1cc(F)cc(S(N)(=O)=O)c1. The fraction of sp³-hybridized carbons (Fsp3) is 0.250. The molecule has 15 heavy (non-hydrogen) atoms. The summed E-state index contributed by atoms with van der Waals surface area (Å²) >= 11 is 0. The van der Waals surface area contributed by atoms with E-state index in [2.05, 4.69) is 0 Å². The van der Waals surface area contributed by atoms with Crippen molar-refractivity contribution in [1.29, 1.82) is 0 Å². The van der Waals surface area contributed by atoms with Gasteiger partial charge in [0.15, 0.2) is 0 Å². The van der Waals surface area contributed by atoms with Crippen molar-refractivity contribution in [1.82, 2.24) is 0 Å². The van der Waals surface area contributed by atoms with E-state index in [0.29, 0.717) is 0 Å². The molecule has 0 amide bonds. The zero-order valence-electron chi connectivity index (χ0n) is 8.27. The van der Waals surface area contributed by atoms with Gasteiger partial charge < -0.3 is 4.57 Å². The van der Waals surface area contributed by atoms with E-state index in [0.717, 1.165) is 18.2 Å². The monoisotopic (exact) mass is 251 g/mol. The van der Waals surface area contributed by atoms with Crippen LogP contribution in [-0.2, 0) is 14.6 Å². The second-order valence-corrected chi connectivity index (χ2v) is 8.32. The van der Waals surface area contributed by atoms with Crippen LogP contribution >= 0.6 is 7.14 Å². The molecule has 0 aromatic heterocycles. The highest BCUT2D eigenvalue weighted by atomic mass is 32.2. The van der Waals surface area contributed by atoms with E-state index in [-0.39, 0.29) is 10.2 Å². The smallest absolute Gasteiger partial charge is 0.238 e. The van der Waals surface area contributed by atoms with Gasteiger partial charge in [-0.05, 0) is 31.5 Å². The number of hydrogen-bond donors (Lipinski definition) is 1. The third-order valence-electron chi connectivity index (χ3n) is 1.81. The second kappa shape index (κ2) is 3.70. The lowest BCUT2D eigenvalue weighted by molar-refractivity contribution is 0.586. The molecule has 0 fully saturated rings. The van der Waals surface area contributed by atoms with Crippen LogP contribution in [0, 0.1) is 5.82 Å². The number of primary sulfonamides is 1. The average Bonchev–Trinajstić information content (AvgIpc) is 1.99. The van der Waals surface area contributed by atoms with Crippen molar-refractivity contribution in [3.63, 3.8) is 0 Å². The highest BCUT2D eigenvalue weighted by Crippen LogP contribution is 2.35. The molecule has 2 N–H and O–H groups in total. The minimum Gasteiger partial charge on any atom is -0.319 e. The molecule has 0 aliphatic heterocycles. The Hall–Kier alpha value is -0.710. The van der Waals surface area contributed by atoms with Gasteiger partial charge in [-0.25, -0.2) is 17.9 Å². The molecule has 0 heterocycles. The van der Waals surface area contributed by atoms with Gasteiger partial charge in [-0.1, -0.05) is 0 Å². The summed E-state index contributed by atoms with van der Waals surface area (Å²) in [6.07, 6.45) is 0. The van der Waals surface area contributed by atoms with Crippen molar-refractivity contribution in [2.24, 2.45) is 5.14 Å². The van der Waals surface area contributed by atoms with Crippen LogP contribution in [0.15, 0.2) is 23.1 Å². The molecule has 7 heteroatoms. The minimum absolute atomic E-state index is 0.159. The normalized spacial score (nSPS) is 12.8. The van der Waals surface area contributed by atoms with Crippen LogP contribution < -0.4 is 10.4 Å². The van der Waals surface area contributed by atoms with Crippen molar-refractivity contribution in [2.75, 3.05) is 13.3 Å². The quantitative estimate of drug-likeness (QED) is 0.787. The molecule has 0 atom stereocenters. The topological polar surface area (TPSA) is 77.2 Å². The van der Waals surface area contributed by atoms with Gasteiger partial charge in [0.05, 0.1) is 4.90 Å². The zero-order chi connectivity index (χ0) is 11.9. The number of benzene rings is 1. The predicted molar refractivity (Wildman–Crippen MR) is 56.9 cm³/mol. The Balaban J connectivity index is 3.50. The number of nitrogens with two attached hydrogens (primary N) is 1. The van der Waals surface area contributed by atoms with Crippen molar-refractivity contribution in [3.8, 4) is 0 Å². The number of rotatable bonds is 2. The van der Waals surface area contributed by atoms with Crippen LogP contribution in [-0.4, -0.2) is 21.7 Å². The molecule has 84 valence electrons. The van der Waals surface area contributed by atoms with Crippen LogP contribution in [0.4, 0.5) is 4.39 Å². The number of sulfonamides is 1. The largest absolute Gasteiger partial charge is 0.319 e. The van der Waals surface area contributed by atoms with Gasteiger partial charge in [-0.2, -0.15) is 0 Å². The minimum atomic E-state index is -3.97. The van der Waals surface area contributed by atoms with E-state index in [1.54, 1.807) is 0 Å². The average molecular weight is 251 g/mol. The van der Waals surface area contributed by atoms with Gasteiger partial charge in [0.1, 0.15) is 13.0 Å². The van der Waals surface area contributed by atoms with Gasteiger partial charge in [0, 0.05) is 5.30 Å². The number of halogens is 1. The lowest BCUT2D eigenvalue weighted by Gasteiger charge is -2.08. The Morgan fingerprint density at radius 2 is 1.80 bits per heavy atom. The Morgan fingerprint density at radius 1 is 1.27 bits per heavy atom. The third-order valence-corrected chi connectivity index (χ3v) is 4.20. The first-order valence-electron chi connectivity index (χ1n) is 3.99. The zero-order valence-corrected chi connectivity index (χ0v) is 9.98. The summed E-state index contributed by atoms with van der Waals surface area (Å²) in [6.45, 7) is 2.85. The maximum Gasteiger partial charge on any atom is 0.238 e. The molecule has 4 nitrogen and oxygen atoms in total. The highest BCUT2D eigenvalue weighted by molar-refractivity contribution is 7.89. The molecule has 1 aromatic carbocycles. The van der Waals surface area contributed by atoms with Crippen LogP contribution in [0.5, 0.6) is 0 Å². The molecule has 0 unspecified atom stereocenters. The van der Waals surface area contributed by atoms with Gasteiger partial charge >= 0.3 is 0 Å². The Morgan fingerprint density at radius 3 is 2.20 bits per heavy atom. The highest BCUT2D eigenvalue weighted by Gasteiger charge is 2.17. The van der Waals surface area contributed by atoms with Gasteiger partial charge in [0.2, 0.25) is 10.0 Å². The van der Waals surface area contributed by atoms with Crippen molar-refractivity contribution in [2.45, 2.75) is 4.90 Å². The maximum absolute atomic E-state index is 13.0. The van der Waals surface area contributed by atoms with Crippen LogP contribution in [0.3, 0.4) is 0 Å². The fourth-order valence-electron chi connectivity index (χ4n) is 1.02. The molecule has 1 rings (SSSR count). The summed E-state index contributed by atoms with van der Waals surface area (Å²) in [4.78, 5) is -0.360. The summed E-state index contributed by atoms with van der Waals surface area (Å²) in [5, 5.41) is 5.01. The second-order valence-electron chi connectivity index (χ2n) is 3.54. The molecule has 0 saturated carbocycles. The van der Waals surface area contributed by atoms with Gasteiger partial charge in [-0.3, -0.25) is 0 Å². The third kappa shape index (κ3) is 3.12. The molecule has 0 aliphatic rings. The molecule has 0 radical (unpaired) electrons. The molecule has 1 aromatic rings. The van der Waals surface area contributed by atoms with E-state index >= 15 is 0 Å². The molecular formula is C8H11FNO3PS. The summed E-state index contributed by atoms with van der Waals surface area (Å²) < 4.78 is 46.7. The molecule has 0 bridgehead atoms. The summed E-state index contributed by atoms with van der Waals surface area (Å²) in [7, 11) is -6.67. The van der Waals surface area contributed by atoms with Crippen LogP contribution in [0.25, 0.3) is 0 Å². The first-order chi connectivity index (χ1) is 6.60. The van der Waals surface area contributed by atoms with Gasteiger partial charge in [-0.15, -0.1) is 0 Å². The molecule has 0 saturated heterocycles. The molecular weight excluding hydrogens is 240 g/mol. The van der Waals surface area contributed by atoms with E-state index in [9.17, 15) is 17.4 Å². The standard InChI is InChI=1S/C8H11FNO3PS/c1-14(2,11)7-3-6(9)4-8(5-7)15(10,12)13/h3-5H,1-2H3,(H2,10,12,13). The Bertz CT molecular complexity index is 535. The lowest BCUT2D eigenvalue weighted by Crippen LogP contribution is -2.16.